The lowest BCUT2D eigenvalue weighted by molar-refractivity contribution is 0.332. The van der Waals surface area contributed by atoms with Gasteiger partial charge in [0.25, 0.3) is 8.32 Å². The molecule has 2 nitrogen and oxygen atoms in total. The van der Waals surface area contributed by atoms with Gasteiger partial charge in [-0.25, -0.2) is 0 Å². The topological polar surface area (TPSA) is 40.5 Å². The molecule has 1 atom stereocenters. The maximum atomic E-state index is 12.2. The fraction of sp³-hybridized carbons (Fsp3) is 0.385. The minimum absolute atomic E-state index is 0.135. The SMILES string of the molecule is C[C@@H](CCCC(C)(C)[Si](O)(c1ccccc1)c1ccccc1)C1=C(CO)C=CC1. The Balaban J connectivity index is 1.79. The summed E-state index contributed by atoms with van der Waals surface area (Å²) in [7, 11) is -2.92. The van der Waals surface area contributed by atoms with Crippen molar-refractivity contribution in [1.29, 1.82) is 0 Å². The van der Waals surface area contributed by atoms with E-state index in [4.69, 9.17) is 0 Å². The van der Waals surface area contributed by atoms with Crippen LogP contribution in [0.1, 0.15) is 46.5 Å². The molecule has 0 amide bonds. The minimum atomic E-state index is -2.92. The lowest BCUT2D eigenvalue weighted by Crippen LogP contribution is -2.65. The average molecular weight is 407 g/mol. The van der Waals surface area contributed by atoms with Crippen molar-refractivity contribution in [2.24, 2.45) is 5.92 Å². The van der Waals surface area contributed by atoms with E-state index >= 15 is 0 Å². The summed E-state index contributed by atoms with van der Waals surface area (Å²) in [6.07, 6.45) is 8.29. The van der Waals surface area contributed by atoms with E-state index in [-0.39, 0.29) is 11.6 Å². The zero-order valence-corrected chi connectivity index (χ0v) is 18.9. The number of aliphatic hydroxyl groups excluding tert-OH is 1. The molecule has 3 heteroatoms. The van der Waals surface area contributed by atoms with Crippen molar-refractivity contribution in [3.63, 3.8) is 0 Å². The lowest BCUT2D eigenvalue weighted by Gasteiger charge is -2.41. The van der Waals surface area contributed by atoms with Crippen LogP contribution in [0.4, 0.5) is 0 Å². The van der Waals surface area contributed by atoms with Gasteiger partial charge in [-0.2, -0.15) is 0 Å². The summed E-state index contributed by atoms with van der Waals surface area (Å²) >= 11 is 0. The Morgan fingerprint density at radius 3 is 2.03 bits per heavy atom. The summed E-state index contributed by atoms with van der Waals surface area (Å²) in [5.74, 6) is 0.464. The van der Waals surface area contributed by atoms with Crippen LogP contribution in [0.15, 0.2) is 84.0 Å². The number of rotatable bonds is 9. The van der Waals surface area contributed by atoms with Crippen LogP contribution < -0.4 is 10.4 Å². The zero-order chi connectivity index (χ0) is 20.9. The second-order valence-corrected chi connectivity index (χ2v) is 12.9. The Morgan fingerprint density at radius 1 is 0.966 bits per heavy atom. The molecule has 0 saturated carbocycles. The first kappa shape index (κ1) is 21.8. The Hall–Kier alpha value is -1.94. The molecule has 0 spiro atoms. The normalized spacial score (nSPS) is 15.8. The highest BCUT2D eigenvalue weighted by Crippen LogP contribution is 2.41. The molecule has 2 aromatic rings. The van der Waals surface area contributed by atoms with Gasteiger partial charge in [-0.3, -0.25) is 0 Å². The quantitative estimate of drug-likeness (QED) is 0.599. The van der Waals surface area contributed by atoms with Gasteiger partial charge in [0.1, 0.15) is 0 Å². The smallest absolute Gasteiger partial charge is 0.258 e. The van der Waals surface area contributed by atoms with Crippen LogP contribution in [0.25, 0.3) is 0 Å². The standard InChI is InChI=1S/C26H34O2Si/c1-21(25-18-10-13-22(25)20-27)12-11-19-26(2,3)29(28,23-14-6-4-7-15-23)24-16-8-5-9-17-24/h4-10,13-17,21,27-28H,11-12,18-20H2,1-3H3/t21-/m0/s1. The van der Waals surface area contributed by atoms with Gasteiger partial charge in [0.2, 0.25) is 0 Å². The van der Waals surface area contributed by atoms with Gasteiger partial charge in [-0.05, 0) is 46.2 Å². The summed E-state index contributed by atoms with van der Waals surface area (Å²) in [6, 6.07) is 20.5. The second-order valence-electron chi connectivity index (χ2n) is 8.93. The van der Waals surface area contributed by atoms with Crippen molar-refractivity contribution in [2.45, 2.75) is 51.5 Å². The predicted octanol–water partition coefficient (Wildman–Crippen LogP) is 4.57. The van der Waals surface area contributed by atoms with E-state index in [0.29, 0.717) is 5.92 Å². The summed E-state index contributed by atoms with van der Waals surface area (Å²) in [5, 5.41) is 11.5. The van der Waals surface area contributed by atoms with Gasteiger partial charge in [0, 0.05) is 0 Å². The van der Waals surface area contributed by atoms with Crippen LogP contribution in [-0.4, -0.2) is 24.8 Å². The van der Waals surface area contributed by atoms with E-state index < -0.39 is 8.32 Å². The van der Waals surface area contributed by atoms with Crippen molar-refractivity contribution < 1.29 is 9.90 Å². The van der Waals surface area contributed by atoms with Crippen molar-refractivity contribution in [3.8, 4) is 0 Å². The highest BCUT2D eigenvalue weighted by molar-refractivity contribution is 6.98. The summed E-state index contributed by atoms with van der Waals surface area (Å²) < 4.78 is 0. The summed E-state index contributed by atoms with van der Waals surface area (Å²) in [6.45, 7) is 6.87. The third-order valence-corrected chi connectivity index (χ3v) is 11.2. The molecule has 0 radical (unpaired) electrons. The van der Waals surface area contributed by atoms with Crippen LogP contribution in [0.2, 0.25) is 5.04 Å². The first-order chi connectivity index (χ1) is 13.9. The van der Waals surface area contributed by atoms with Gasteiger partial charge < -0.3 is 9.90 Å². The third kappa shape index (κ3) is 4.47. The molecular formula is C26H34O2Si. The molecule has 1 aliphatic rings. The Bertz CT molecular complexity index is 813. The van der Waals surface area contributed by atoms with Crippen molar-refractivity contribution in [1.82, 2.24) is 0 Å². The largest absolute Gasteiger partial charge is 0.424 e. The number of benzene rings is 2. The Labute approximate surface area is 176 Å². The Morgan fingerprint density at radius 2 is 1.52 bits per heavy atom. The monoisotopic (exact) mass is 406 g/mol. The first-order valence-electron chi connectivity index (χ1n) is 10.7. The molecule has 2 N–H and O–H groups in total. The average Bonchev–Trinajstić information content (AvgIpc) is 3.23. The van der Waals surface area contributed by atoms with Crippen LogP contribution in [0, 0.1) is 5.92 Å². The van der Waals surface area contributed by atoms with Crippen LogP contribution >= 0.6 is 0 Å². The molecular weight excluding hydrogens is 372 g/mol. The maximum absolute atomic E-state index is 12.2. The van der Waals surface area contributed by atoms with Gasteiger partial charge in [-0.1, -0.05) is 106 Å². The number of aliphatic hydroxyl groups is 1. The molecule has 0 saturated heterocycles. The molecule has 0 bridgehead atoms. The molecule has 29 heavy (non-hydrogen) atoms. The van der Waals surface area contributed by atoms with E-state index in [2.05, 4.69) is 57.2 Å². The molecule has 1 aliphatic carbocycles. The number of hydrogen-bond acceptors (Lipinski definition) is 2. The molecule has 0 fully saturated rings. The number of hydrogen-bond donors (Lipinski definition) is 2. The molecule has 0 heterocycles. The van der Waals surface area contributed by atoms with Gasteiger partial charge >= 0.3 is 0 Å². The fourth-order valence-corrected chi connectivity index (χ4v) is 8.53. The van der Waals surface area contributed by atoms with Gasteiger partial charge in [0.15, 0.2) is 0 Å². The third-order valence-electron chi connectivity index (χ3n) is 6.64. The number of allylic oxidation sites excluding steroid dienone is 2. The van der Waals surface area contributed by atoms with Gasteiger partial charge in [0.05, 0.1) is 6.61 Å². The highest BCUT2D eigenvalue weighted by atomic mass is 28.4. The van der Waals surface area contributed by atoms with E-state index in [0.717, 1.165) is 41.6 Å². The predicted molar refractivity (Wildman–Crippen MR) is 125 cm³/mol. The first-order valence-corrected chi connectivity index (χ1v) is 12.7. The zero-order valence-electron chi connectivity index (χ0n) is 17.9. The second kappa shape index (κ2) is 9.25. The molecule has 0 aliphatic heterocycles. The van der Waals surface area contributed by atoms with Crippen LogP contribution in [-0.2, 0) is 0 Å². The summed E-state index contributed by atoms with van der Waals surface area (Å²) in [5.41, 5.74) is 2.47. The van der Waals surface area contributed by atoms with Crippen LogP contribution in [0.3, 0.4) is 0 Å². The molecule has 154 valence electrons. The summed E-state index contributed by atoms with van der Waals surface area (Å²) in [4.78, 5) is 12.2. The van der Waals surface area contributed by atoms with Crippen LogP contribution in [0.5, 0.6) is 0 Å². The molecule has 2 aromatic carbocycles. The Kier molecular flexibility index (Phi) is 6.94. The molecule has 3 rings (SSSR count). The van der Waals surface area contributed by atoms with Crippen molar-refractivity contribution in [2.75, 3.05) is 6.61 Å². The maximum Gasteiger partial charge on any atom is 0.258 e. The molecule has 0 unspecified atom stereocenters. The lowest BCUT2D eigenvalue weighted by atomic mass is 9.90. The van der Waals surface area contributed by atoms with Crippen molar-refractivity contribution >= 4 is 18.7 Å². The highest BCUT2D eigenvalue weighted by Gasteiger charge is 2.49. The van der Waals surface area contributed by atoms with E-state index in [9.17, 15) is 9.90 Å². The minimum Gasteiger partial charge on any atom is -0.424 e. The molecule has 0 aromatic heterocycles. The van der Waals surface area contributed by atoms with Gasteiger partial charge in [-0.15, -0.1) is 0 Å². The fourth-order valence-electron chi connectivity index (χ4n) is 4.75. The van der Waals surface area contributed by atoms with Crippen molar-refractivity contribution in [3.05, 3.63) is 84.0 Å². The van der Waals surface area contributed by atoms with E-state index in [1.54, 1.807) is 0 Å². The van der Waals surface area contributed by atoms with E-state index in [1.165, 1.54) is 5.57 Å². The van der Waals surface area contributed by atoms with E-state index in [1.807, 2.05) is 36.4 Å².